The van der Waals surface area contributed by atoms with E-state index in [4.69, 9.17) is 5.73 Å². The van der Waals surface area contributed by atoms with Crippen LogP contribution in [0.3, 0.4) is 0 Å². The summed E-state index contributed by atoms with van der Waals surface area (Å²) in [5.41, 5.74) is 10.7. The normalized spacial score (nSPS) is 11.5. The van der Waals surface area contributed by atoms with Crippen molar-refractivity contribution >= 4 is 33.6 Å². The van der Waals surface area contributed by atoms with E-state index in [1.165, 1.54) is 112 Å². The van der Waals surface area contributed by atoms with Crippen LogP contribution in [0.15, 0.2) is 43.0 Å². The molecule has 0 radical (unpaired) electrons. The molecule has 0 bridgehead atoms. The summed E-state index contributed by atoms with van der Waals surface area (Å²) in [4.78, 5) is 0. The van der Waals surface area contributed by atoms with Crippen molar-refractivity contribution in [2.45, 2.75) is 103 Å². The van der Waals surface area contributed by atoms with E-state index < -0.39 is 0 Å². The summed E-state index contributed by atoms with van der Waals surface area (Å²) < 4.78 is 2.48. The monoisotopic (exact) mass is 432 g/mol. The number of nitrogens with two attached hydrogens (primary N) is 1. The topological polar surface area (TPSA) is 30.9 Å². The van der Waals surface area contributed by atoms with Crippen LogP contribution in [0.25, 0.3) is 27.9 Å². The first-order valence-electron chi connectivity index (χ1n) is 13.2. The van der Waals surface area contributed by atoms with E-state index in [1.807, 2.05) is 12.1 Å². The molecule has 3 aromatic rings. The molecule has 0 aliphatic rings. The highest BCUT2D eigenvalue weighted by Crippen LogP contribution is 2.32. The third-order valence-electron chi connectivity index (χ3n) is 6.88. The predicted molar refractivity (Wildman–Crippen MR) is 144 cm³/mol. The summed E-state index contributed by atoms with van der Waals surface area (Å²) in [6.45, 7) is 7.30. The highest BCUT2D eigenvalue weighted by atomic mass is 15.0. The summed E-state index contributed by atoms with van der Waals surface area (Å²) in [7, 11) is 0. The summed E-state index contributed by atoms with van der Waals surface area (Å²) >= 11 is 0. The Kier molecular flexibility index (Phi) is 10.2. The van der Waals surface area contributed by atoms with Crippen molar-refractivity contribution in [1.82, 2.24) is 4.57 Å². The molecular formula is C30H44N2. The Hall–Kier alpha value is -2.22. The van der Waals surface area contributed by atoms with Gasteiger partial charge in [-0.1, -0.05) is 109 Å². The number of aromatic nitrogens is 1. The molecule has 1 heterocycles. The molecule has 2 N–H and O–H groups in total. The fourth-order valence-electron chi connectivity index (χ4n) is 4.97. The van der Waals surface area contributed by atoms with Crippen LogP contribution in [-0.2, 0) is 6.54 Å². The Morgan fingerprint density at radius 1 is 0.688 bits per heavy atom. The fraction of sp³-hybridized carbons (Fsp3) is 0.533. The second-order valence-electron chi connectivity index (χ2n) is 9.51. The molecule has 2 aromatic carbocycles. The smallest absolute Gasteiger partial charge is 0.0492 e. The van der Waals surface area contributed by atoms with Crippen molar-refractivity contribution in [3.8, 4) is 0 Å². The Bertz CT molecular complexity index is 966. The van der Waals surface area contributed by atoms with Crippen LogP contribution in [0.4, 0.5) is 5.69 Å². The lowest BCUT2D eigenvalue weighted by Gasteiger charge is -2.08. The van der Waals surface area contributed by atoms with Gasteiger partial charge in [0.1, 0.15) is 0 Å². The minimum Gasteiger partial charge on any atom is -0.399 e. The molecular weight excluding hydrogens is 388 g/mol. The summed E-state index contributed by atoms with van der Waals surface area (Å²) in [6.07, 6.45) is 21.5. The second-order valence-corrected chi connectivity index (χ2v) is 9.51. The van der Waals surface area contributed by atoms with E-state index in [2.05, 4.69) is 48.4 Å². The molecule has 0 aliphatic carbocycles. The molecule has 0 atom stereocenters. The van der Waals surface area contributed by atoms with Gasteiger partial charge in [-0.25, -0.2) is 0 Å². The van der Waals surface area contributed by atoms with E-state index in [0.29, 0.717) is 0 Å². The summed E-state index contributed by atoms with van der Waals surface area (Å²) in [6, 6.07) is 13.0. The quantitative estimate of drug-likeness (QED) is 0.177. The van der Waals surface area contributed by atoms with Gasteiger partial charge < -0.3 is 10.3 Å². The fourth-order valence-corrected chi connectivity index (χ4v) is 4.97. The number of fused-ring (bicyclic) bond motifs is 3. The standard InChI is InChI=1S/C30H44N2/c1-3-5-6-7-8-9-10-11-12-13-14-15-16-17-22-32-29-20-18-25(4-2)23-27(29)28-24-26(31)19-21-30(28)32/h4,18-21,23-24H,2-3,5-17,22,31H2,1H3. The van der Waals surface area contributed by atoms with Crippen molar-refractivity contribution < 1.29 is 0 Å². The first kappa shape index (κ1) is 24.4. The lowest BCUT2D eigenvalue weighted by molar-refractivity contribution is 0.528. The number of rotatable bonds is 16. The second kappa shape index (κ2) is 13.4. The molecule has 0 amide bonds. The van der Waals surface area contributed by atoms with Gasteiger partial charge in [0.2, 0.25) is 0 Å². The van der Waals surface area contributed by atoms with Crippen molar-refractivity contribution in [2.75, 3.05) is 5.73 Å². The SMILES string of the molecule is C=Cc1ccc2c(c1)c1cc(N)ccc1n2CCCCCCCCCCCCCCCC. The maximum atomic E-state index is 6.10. The molecule has 0 saturated heterocycles. The zero-order chi connectivity index (χ0) is 22.6. The van der Waals surface area contributed by atoms with E-state index in [9.17, 15) is 0 Å². The van der Waals surface area contributed by atoms with Gasteiger partial charge in [0.15, 0.2) is 0 Å². The third-order valence-corrected chi connectivity index (χ3v) is 6.88. The number of hydrogen-bond donors (Lipinski definition) is 1. The van der Waals surface area contributed by atoms with Crippen LogP contribution in [0.5, 0.6) is 0 Å². The Morgan fingerprint density at radius 3 is 1.75 bits per heavy atom. The number of nitrogen functional groups attached to an aromatic ring is 1. The van der Waals surface area contributed by atoms with Gasteiger partial charge in [-0.3, -0.25) is 0 Å². The van der Waals surface area contributed by atoms with Crippen LogP contribution in [0, 0.1) is 0 Å². The van der Waals surface area contributed by atoms with Crippen LogP contribution in [0.2, 0.25) is 0 Å². The Labute approximate surface area is 195 Å². The minimum absolute atomic E-state index is 0.831. The number of nitrogens with zero attached hydrogens (tertiary/aromatic N) is 1. The molecule has 0 spiro atoms. The van der Waals surface area contributed by atoms with Gasteiger partial charge in [-0.15, -0.1) is 0 Å². The zero-order valence-corrected chi connectivity index (χ0v) is 20.4. The minimum atomic E-state index is 0.831. The molecule has 0 fully saturated rings. The maximum absolute atomic E-state index is 6.10. The van der Waals surface area contributed by atoms with Gasteiger partial charge in [0, 0.05) is 34.0 Å². The molecule has 174 valence electrons. The van der Waals surface area contributed by atoms with Gasteiger partial charge >= 0.3 is 0 Å². The molecule has 3 rings (SSSR count). The van der Waals surface area contributed by atoms with E-state index >= 15 is 0 Å². The van der Waals surface area contributed by atoms with Crippen LogP contribution < -0.4 is 5.73 Å². The number of unbranched alkanes of at least 4 members (excludes halogenated alkanes) is 13. The van der Waals surface area contributed by atoms with Crippen LogP contribution in [-0.4, -0.2) is 4.57 Å². The maximum Gasteiger partial charge on any atom is 0.0492 e. The van der Waals surface area contributed by atoms with E-state index in [0.717, 1.165) is 17.8 Å². The summed E-state index contributed by atoms with van der Waals surface area (Å²) in [5.74, 6) is 0. The number of aryl methyl sites for hydroxylation is 1. The number of anilines is 1. The molecule has 1 aromatic heterocycles. The highest BCUT2D eigenvalue weighted by Gasteiger charge is 2.11. The average molecular weight is 433 g/mol. The van der Waals surface area contributed by atoms with Crippen LogP contribution >= 0.6 is 0 Å². The van der Waals surface area contributed by atoms with Gasteiger partial charge in [0.05, 0.1) is 0 Å². The van der Waals surface area contributed by atoms with Crippen LogP contribution in [0.1, 0.15) is 102 Å². The first-order chi connectivity index (χ1) is 15.7. The molecule has 32 heavy (non-hydrogen) atoms. The lowest BCUT2D eigenvalue weighted by atomic mass is 10.0. The van der Waals surface area contributed by atoms with Gasteiger partial charge in [0.25, 0.3) is 0 Å². The van der Waals surface area contributed by atoms with E-state index in [-0.39, 0.29) is 0 Å². The molecule has 2 heteroatoms. The predicted octanol–water partition coefficient (Wildman–Crippen LogP) is 9.50. The van der Waals surface area contributed by atoms with Crippen molar-refractivity contribution in [1.29, 1.82) is 0 Å². The number of benzene rings is 2. The Morgan fingerprint density at radius 2 is 1.19 bits per heavy atom. The lowest BCUT2D eigenvalue weighted by Crippen LogP contribution is -1.98. The largest absolute Gasteiger partial charge is 0.399 e. The summed E-state index contributed by atoms with van der Waals surface area (Å²) in [5, 5.41) is 2.55. The average Bonchev–Trinajstić information content (AvgIpc) is 3.11. The Balaban J connectivity index is 1.38. The van der Waals surface area contributed by atoms with E-state index in [1.54, 1.807) is 0 Å². The van der Waals surface area contributed by atoms with Crippen molar-refractivity contribution in [3.05, 3.63) is 48.5 Å². The number of hydrogen-bond acceptors (Lipinski definition) is 1. The third kappa shape index (κ3) is 6.89. The molecule has 2 nitrogen and oxygen atoms in total. The van der Waals surface area contributed by atoms with Gasteiger partial charge in [-0.2, -0.15) is 0 Å². The van der Waals surface area contributed by atoms with Crippen molar-refractivity contribution in [2.24, 2.45) is 0 Å². The molecule has 0 aliphatic heterocycles. The van der Waals surface area contributed by atoms with Crippen molar-refractivity contribution in [3.63, 3.8) is 0 Å². The first-order valence-corrected chi connectivity index (χ1v) is 13.2. The zero-order valence-electron chi connectivity index (χ0n) is 20.4. The molecule has 0 saturated carbocycles. The highest BCUT2D eigenvalue weighted by molar-refractivity contribution is 6.09. The van der Waals surface area contributed by atoms with Gasteiger partial charge in [-0.05, 0) is 42.3 Å². The molecule has 0 unspecified atom stereocenters.